The fraction of sp³-hybridized carbons (Fsp3) is 0.875. The van der Waals surface area contributed by atoms with Crippen LogP contribution in [0.4, 0.5) is 4.39 Å². The van der Waals surface area contributed by atoms with Gasteiger partial charge in [0.25, 0.3) is 0 Å². The molecule has 2 heterocycles. The van der Waals surface area contributed by atoms with Crippen molar-refractivity contribution in [2.45, 2.75) is 37.1 Å². The number of carbonyl (C=O) groups is 1. The first kappa shape index (κ1) is 7.98. The molecule has 0 aromatic carbocycles. The lowest BCUT2D eigenvalue weighted by atomic mass is 9.86. The van der Waals surface area contributed by atoms with Crippen molar-refractivity contribution in [3.05, 3.63) is 0 Å². The summed E-state index contributed by atoms with van der Waals surface area (Å²) in [6.45, 7) is 0. The van der Waals surface area contributed by atoms with E-state index in [1.54, 1.807) is 0 Å². The molecule has 2 bridgehead atoms. The molecule has 2 fully saturated rings. The Hall–Kier alpha value is -0.640. The van der Waals surface area contributed by atoms with Crippen LogP contribution in [0.1, 0.15) is 19.3 Å². The third-order valence-corrected chi connectivity index (χ3v) is 2.67. The minimum Gasteiger partial charge on any atom is -0.467 e. The van der Waals surface area contributed by atoms with E-state index in [9.17, 15) is 9.18 Å². The van der Waals surface area contributed by atoms with Crippen LogP contribution in [0, 0.1) is 0 Å². The minimum atomic E-state index is -1.86. The Morgan fingerprint density at radius 1 is 1.67 bits per heavy atom. The first-order valence-corrected chi connectivity index (χ1v) is 4.09. The number of carbonyl (C=O) groups excluding carboxylic acids is 1. The summed E-state index contributed by atoms with van der Waals surface area (Å²) in [6, 6.07) is 0. The Morgan fingerprint density at radius 3 is 2.83 bits per heavy atom. The average Bonchev–Trinajstić information content (AvgIpc) is 2.62. The van der Waals surface area contributed by atoms with Crippen LogP contribution in [0.5, 0.6) is 0 Å². The van der Waals surface area contributed by atoms with Crippen molar-refractivity contribution in [1.82, 2.24) is 0 Å². The van der Waals surface area contributed by atoms with Crippen LogP contribution in [0.15, 0.2) is 0 Å². The monoisotopic (exact) mass is 174 g/mol. The highest BCUT2D eigenvalue weighted by molar-refractivity contribution is 5.81. The number of methoxy groups -OCH3 is 1. The van der Waals surface area contributed by atoms with E-state index >= 15 is 0 Å². The molecule has 68 valence electrons. The smallest absolute Gasteiger partial charge is 0.346 e. The molecule has 0 N–H and O–H groups in total. The van der Waals surface area contributed by atoms with Crippen LogP contribution < -0.4 is 0 Å². The van der Waals surface area contributed by atoms with E-state index in [1.165, 1.54) is 7.11 Å². The lowest BCUT2D eigenvalue weighted by Crippen LogP contribution is -2.43. The van der Waals surface area contributed by atoms with Gasteiger partial charge in [-0.25, -0.2) is 9.18 Å². The van der Waals surface area contributed by atoms with Crippen LogP contribution >= 0.6 is 0 Å². The number of rotatable bonds is 1. The third kappa shape index (κ3) is 0.874. The molecule has 3 atom stereocenters. The summed E-state index contributed by atoms with van der Waals surface area (Å²) in [6.07, 6.45) is 1.04. The Balaban J connectivity index is 2.17. The van der Waals surface area contributed by atoms with Crippen molar-refractivity contribution in [3.8, 4) is 0 Å². The van der Waals surface area contributed by atoms with Crippen LogP contribution in [-0.2, 0) is 14.3 Å². The highest BCUT2D eigenvalue weighted by Crippen LogP contribution is 2.44. The van der Waals surface area contributed by atoms with E-state index in [0.29, 0.717) is 6.42 Å². The second-order valence-corrected chi connectivity index (χ2v) is 3.38. The van der Waals surface area contributed by atoms with E-state index in [1.807, 2.05) is 0 Å². The van der Waals surface area contributed by atoms with Gasteiger partial charge in [-0.3, -0.25) is 0 Å². The molecule has 2 aliphatic rings. The summed E-state index contributed by atoms with van der Waals surface area (Å²) in [7, 11) is 1.20. The van der Waals surface area contributed by atoms with Gasteiger partial charge in [0.1, 0.15) is 6.10 Å². The molecule has 0 saturated carbocycles. The number of ether oxygens (including phenoxy) is 2. The first-order valence-electron chi connectivity index (χ1n) is 4.09. The highest BCUT2D eigenvalue weighted by atomic mass is 19.1. The number of fused-ring (bicyclic) bond motifs is 2. The van der Waals surface area contributed by atoms with Gasteiger partial charge in [0, 0.05) is 6.42 Å². The predicted octanol–water partition coefficient (Wildman–Crippen LogP) is 0.819. The van der Waals surface area contributed by atoms with E-state index in [-0.39, 0.29) is 12.5 Å². The predicted molar refractivity (Wildman–Crippen MR) is 38.4 cm³/mol. The average molecular weight is 174 g/mol. The van der Waals surface area contributed by atoms with Crippen molar-refractivity contribution >= 4 is 5.97 Å². The van der Waals surface area contributed by atoms with Crippen molar-refractivity contribution in [3.63, 3.8) is 0 Å². The minimum absolute atomic E-state index is 0.0703. The summed E-state index contributed by atoms with van der Waals surface area (Å²) in [5, 5.41) is 0. The van der Waals surface area contributed by atoms with Gasteiger partial charge >= 0.3 is 5.97 Å². The lowest BCUT2D eigenvalue weighted by Gasteiger charge is -2.23. The molecule has 0 spiro atoms. The molecule has 0 aliphatic carbocycles. The van der Waals surface area contributed by atoms with Crippen LogP contribution in [-0.4, -0.2) is 31.0 Å². The summed E-state index contributed by atoms with van der Waals surface area (Å²) in [5.41, 5.74) is -1.86. The lowest BCUT2D eigenvalue weighted by molar-refractivity contribution is -0.158. The van der Waals surface area contributed by atoms with Crippen LogP contribution in [0.2, 0.25) is 0 Å². The molecule has 2 rings (SSSR count). The molecule has 12 heavy (non-hydrogen) atoms. The fourth-order valence-electron chi connectivity index (χ4n) is 2.04. The zero-order chi connectivity index (χ0) is 8.77. The van der Waals surface area contributed by atoms with Gasteiger partial charge in [0.05, 0.1) is 13.2 Å². The van der Waals surface area contributed by atoms with Gasteiger partial charge in [-0.1, -0.05) is 0 Å². The highest BCUT2D eigenvalue weighted by Gasteiger charge is 2.59. The number of halogens is 1. The third-order valence-electron chi connectivity index (χ3n) is 2.67. The zero-order valence-electron chi connectivity index (χ0n) is 6.88. The molecule has 0 amide bonds. The van der Waals surface area contributed by atoms with E-state index in [2.05, 4.69) is 4.74 Å². The summed E-state index contributed by atoms with van der Waals surface area (Å²) < 4.78 is 23.4. The molecule has 0 aromatic rings. The molecule has 0 unspecified atom stereocenters. The van der Waals surface area contributed by atoms with E-state index in [0.717, 1.165) is 6.42 Å². The number of hydrogen-bond donors (Lipinski definition) is 0. The first-order chi connectivity index (χ1) is 5.66. The maximum Gasteiger partial charge on any atom is 0.346 e. The van der Waals surface area contributed by atoms with Gasteiger partial charge < -0.3 is 9.47 Å². The maximum absolute atomic E-state index is 13.8. The quantitative estimate of drug-likeness (QED) is 0.552. The van der Waals surface area contributed by atoms with Gasteiger partial charge in [0.15, 0.2) is 0 Å². The second kappa shape index (κ2) is 2.42. The van der Waals surface area contributed by atoms with Crippen LogP contribution in [0.25, 0.3) is 0 Å². The number of hydrogen-bond acceptors (Lipinski definition) is 3. The molecular formula is C8H11FO3. The Morgan fingerprint density at radius 2 is 2.42 bits per heavy atom. The molecule has 0 aromatic heterocycles. The van der Waals surface area contributed by atoms with Crippen molar-refractivity contribution < 1.29 is 18.7 Å². The van der Waals surface area contributed by atoms with Gasteiger partial charge in [0.2, 0.25) is 5.67 Å². The molecule has 2 aliphatic heterocycles. The number of alkyl halides is 1. The SMILES string of the molecule is COC(=O)[C@@]1(F)C[C@H]2CC[C@H]1O2. The standard InChI is InChI=1S/C8H11FO3/c1-11-7(10)8(9)4-5-2-3-6(8)12-5/h5-6H,2-4H2,1H3/t5-,6-,8-/m1/s1. The van der Waals surface area contributed by atoms with Gasteiger partial charge in [-0.05, 0) is 12.8 Å². The second-order valence-electron chi connectivity index (χ2n) is 3.38. The maximum atomic E-state index is 13.8. The van der Waals surface area contributed by atoms with Crippen molar-refractivity contribution in [2.75, 3.05) is 7.11 Å². The summed E-state index contributed by atoms with van der Waals surface area (Å²) in [5.74, 6) is -0.783. The molecular weight excluding hydrogens is 163 g/mol. The molecule has 4 heteroatoms. The largest absolute Gasteiger partial charge is 0.467 e. The Kier molecular flexibility index (Phi) is 1.61. The van der Waals surface area contributed by atoms with Gasteiger partial charge in [-0.2, -0.15) is 0 Å². The van der Waals surface area contributed by atoms with E-state index in [4.69, 9.17) is 4.74 Å². The number of esters is 1. The summed E-state index contributed by atoms with van der Waals surface area (Å²) in [4.78, 5) is 11.0. The fourth-order valence-corrected chi connectivity index (χ4v) is 2.04. The zero-order valence-corrected chi connectivity index (χ0v) is 6.88. The molecule has 3 nitrogen and oxygen atoms in total. The van der Waals surface area contributed by atoms with Crippen molar-refractivity contribution in [1.29, 1.82) is 0 Å². The molecule has 2 saturated heterocycles. The topological polar surface area (TPSA) is 35.5 Å². The Labute approximate surface area is 69.8 Å². The van der Waals surface area contributed by atoms with Crippen molar-refractivity contribution in [2.24, 2.45) is 0 Å². The normalized spacial score (nSPS) is 44.8. The van der Waals surface area contributed by atoms with E-state index < -0.39 is 17.7 Å². The molecule has 0 radical (unpaired) electrons. The van der Waals surface area contributed by atoms with Gasteiger partial charge in [-0.15, -0.1) is 0 Å². The van der Waals surface area contributed by atoms with Crippen LogP contribution in [0.3, 0.4) is 0 Å². The summed E-state index contributed by atoms with van der Waals surface area (Å²) >= 11 is 0. The Bertz CT molecular complexity index is 218.